The van der Waals surface area contributed by atoms with E-state index < -0.39 is 18.2 Å². The first-order valence-corrected chi connectivity index (χ1v) is 16.2. The number of fused-ring (bicyclic) bond motifs is 1. The molecule has 0 spiro atoms. The Hall–Kier alpha value is -3.60. The molecule has 238 valence electrons. The highest BCUT2D eigenvalue weighted by atomic mass is 35.5. The highest BCUT2D eigenvalue weighted by Gasteiger charge is 2.28. The van der Waals surface area contributed by atoms with Crippen molar-refractivity contribution in [3.63, 3.8) is 0 Å². The largest absolute Gasteiger partial charge is 0.385 e. The molecule has 1 unspecified atom stereocenters. The molecule has 2 aliphatic rings. The zero-order chi connectivity index (χ0) is 31.5. The van der Waals surface area contributed by atoms with Gasteiger partial charge in [-0.15, -0.1) is 0 Å². The second-order valence-corrected chi connectivity index (χ2v) is 12.9. The molecule has 6 rings (SSSR count). The molecule has 3 atom stereocenters. The first-order chi connectivity index (χ1) is 21.8. The van der Waals surface area contributed by atoms with Crippen molar-refractivity contribution in [1.29, 1.82) is 0 Å². The molecule has 3 heterocycles. The van der Waals surface area contributed by atoms with Crippen LogP contribution in [-0.2, 0) is 6.42 Å². The van der Waals surface area contributed by atoms with E-state index in [4.69, 9.17) is 23.1 Å². The van der Waals surface area contributed by atoms with Crippen LogP contribution in [0.25, 0.3) is 28.0 Å². The Kier molecular flexibility index (Phi) is 9.63. The molecule has 1 saturated heterocycles. The topological polar surface area (TPSA) is 127 Å². The van der Waals surface area contributed by atoms with Crippen LogP contribution in [-0.4, -0.2) is 45.7 Å². The molecular weight excluding hydrogens is 596 g/mol. The van der Waals surface area contributed by atoms with Gasteiger partial charge in [0.15, 0.2) is 5.82 Å². The van der Waals surface area contributed by atoms with Gasteiger partial charge in [-0.3, -0.25) is 9.56 Å². The van der Waals surface area contributed by atoms with E-state index in [0.29, 0.717) is 40.4 Å². The lowest BCUT2D eigenvalue weighted by atomic mass is 9.92. The number of benzene rings is 2. The van der Waals surface area contributed by atoms with Crippen LogP contribution >= 0.6 is 11.6 Å². The van der Waals surface area contributed by atoms with Crippen LogP contribution in [0.3, 0.4) is 0 Å². The van der Waals surface area contributed by atoms with Gasteiger partial charge < -0.3 is 21.8 Å². The van der Waals surface area contributed by atoms with E-state index >= 15 is 4.39 Å². The summed E-state index contributed by atoms with van der Waals surface area (Å²) in [6.07, 6.45) is 10.7. The Morgan fingerprint density at radius 1 is 1.16 bits per heavy atom. The number of alkyl halides is 1. The summed E-state index contributed by atoms with van der Waals surface area (Å²) in [6, 6.07) is 13.8. The fraction of sp³-hybridized carbons (Fsp3) is 0.441. The van der Waals surface area contributed by atoms with E-state index in [9.17, 15) is 9.18 Å². The fourth-order valence-electron chi connectivity index (χ4n) is 6.40. The van der Waals surface area contributed by atoms with Crippen LogP contribution in [0.2, 0.25) is 5.02 Å². The van der Waals surface area contributed by atoms with E-state index in [-0.39, 0.29) is 29.0 Å². The lowest BCUT2D eigenvalue weighted by Crippen LogP contribution is -2.37. The van der Waals surface area contributed by atoms with Crippen LogP contribution in [0.4, 0.5) is 8.78 Å². The molecule has 2 fully saturated rings. The van der Waals surface area contributed by atoms with Gasteiger partial charge >= 0.3 is 5.69 Å². The van der Waals surface area contributed by atoms with E-state index in [2.05, 4.69) is 20.3 Å². The quantitative estimate of drug-likeness (QED) is 0.110. The lowest BCUT2D eigenvalue weighted by molar-refractivity contribution is 0.315. The van der Waals surface area contributed by atoms with E-state index in [0.717, 1.165) is 56.1 Å². The van der Waals surface area contributed by atoms with Gasteiger partial charge in [0.1, 0.15) is 18.2 Å². The summed E-state index contributed by atoms with van der Waals surface area (Å²) >= 11 is 6.31. The monoisotopic (exact) mass is 635 g/mol. The van der Waals surface area contributed by atoms with Gasteiger partial charge in [-0.2, -0.15) is 4.98 Å². The van der Waals surface area contributed by atoms with Crippen molar-refractivity contribution in [2.24, 2.45) is 22.4 Å². The van der Waals surface area contributed by atoms with Crippen molar-refractivity contribution >= 4 is 28.5 Å². The third-order valence-electron chi connectivity index (χ3n) is 9.10. The molecule has 0 bridgehead atoms. The van der Waals surface area contributed by atoms with Crippen molar-refractivity contribution in [2.45, 2.75) is 75.9 Å². The molecule has 2 aromatic heterocycles. The highest BCUT2D eigenvalue weighted by Crippen LogP contribution is 2.34. The van der Waals surface area contributed by atoms with E-state index in [1.54, 1.807) is 18.3 Å². The van der Waals surface area contributed by atoms with Gasteiger partial charge in [-0.1, -0.05) is 30.2 Å². The predicted molar refractivity (Wildman–Crippen MR) is 176 cm³/mol. The maximum absolute atomic E-state index is 15.2. The number of nitrogens with zero attached hydrogens (tertiary/aromatic N) is 3. The molecule has 1 saturated carbocycles. The van der Waals surface area contributed by atoms with Gasteiger partial charge in [-0.25, -0.2) is 13.6 Å². The van der Waals surface area contributed by atoms with Crippen molar-refractivity contribution in [2.75, 3.05) is 13.2 Å². The Morgan fingerprint density at radius 3 is 2.71 bits per heavy atom. The number of aliphatic imine (C=N–C) groups is 1. The number of hydrogen-bond donors (Lipinski definition) is 4. The molecule has 4 aromatic rings. The summed E-state index contributed by atoms with van der Waals surface area (Å²) in [5.41, 5.74) is 15.3. The Labute approximate surface area is 266 Å². The first-order valence-electron chi connectivity index (χ1n) is 15.9. The Balaban J connectivity index is 1.17. The van der Waals surface area contributed by atoms with Crippen molar-refractivity contribution in [3.8, 4) is 16.9 Å². The van der Waals surface area contributed by atoms with Gasteiger partial charge in [-0.05, 0) is 98.7 Å². The average molecular weight is 636 g/mol. The summed E-state index contributed by atoms with van der Waals surface area (Å²) in [4.78, 5) is 24.5. The number of nitrogens with two attached hydrogens (primary N) is 2. The minimum atomic E-state index is -0.721. The minimum absolute atomic E-state index is 0.0399. The highest BCUT2D eigenvalue weighted by molar-refractivity contribution is 6.31. The van der Waals surface area contributed by atoms with E-state index in [1.807, 2.05) is 30.3 Å². The minimum Gasteiger partial charge on any atom is -0.385 e. The Morgan fingerprint density at radius 2 is 1.96 bits per heavy atom. The molecular formula is C34H40ClF2N7O. The Bertz CT molecular complexity index is 1730. The van der Waals surface area contributed by atoms with Gasteiger partial charge in [0, 0.05) is 41.8 Å². The summed E-state index contributed by atoms with van der Waals surface area (Å²) in [6.45, 7) is -0.222. The summed E-state index contributed by atoms with van der Waals surface area (Å²) in [5, 5.41) is 4.42. The fourth-order valence-corrected chi connectivity index (χ4v) is 6.64. The molecule has 1 aliphatic heterocycles. The smallest absolute Gasteiger partial charge is 0.354 e. The zero-order valence-electron chi connectivity index (χ0n) is 25.2. The van der Waals surface area contributed by atoms with Crippen molar-refractivity contribution in [3.05, 3.63) is 81.1 Å². The van der Waals surface area contributed by atoms with E-state index in [1.165, 1.54) is 17.4 Å². The number of hydrogen-bond acceptors (Lipinski definition) is 5. The number of halogens is 3. The van der Waals surface area contributed by atoms with Gasteiger partial charge in [0.2, 0.25) is 0 Å². The molecule has 6 N–H and O–H groups in total. The first kappa shape index (κ1) is 31.4. The predicted octanol–water partition coefficient (Wildman–Crippen LogP) is 6.13. The van der Waals surface area contributed by atoms with Crippen LogP contribution in [0, 0.1) is 11.7 Å². The second-order valence-electron chi connectivity index (χ2n) is 12.4. The average Bonchev–Trinajstić information content (AvgIpc) is 3.82. The van der Waals surface area contributed by atoms with Gasteiger partial charge in [0.25, 0.3) is 0 Å². The molecule has 2 aromatic carbocycles. The number of aromatic amines is 1. The number of piperidine rings is 1. The van der Waals surface area contributed by atoms with Crippen LogP contribution in [0.1, 0.15) is 68.5 Å². The molecule has 0 amide bonds. The van der Waals surface area contributed by atoms with Crippen molar-refractivity contribution < 1.29 is 8.78 Å². The molecule has 0 radical (unpaired) electrons. The molecule has 11 heteroatoms. The van der Waals surface area contributed by atoms with Gasteiger partial charge in [0.05, 0.1) is 16.4 Å². The summed E-state index contributed by atoms with van der Waals surface area (Å²) < 4.78 is 29.3. The standard InChI is InChI=1S/C34H40ClF2N7O/c35-27-16-20(3-1-5-28(38)21-7-8-21)15-26(32(27)37)30-17-23-19-44(34(45)43-33(23)42-30)25-11-9-22(10-12-25)29-6-2-4-24(41-29)13-14-40-31(39)18-36/h9-12,15-17,19,21,24,28-29,41H,1-8,13-14,18,38H2,(H2,39,40)(H,42,43,45)/t24-,28?,29-/m0/s1. The molecule has 1 aliphatic carbocycles. The maximum atomic E-state index is 15.2. The number of amidine groups is 1. The SMILES string of the molecule is NC(CF)=NCC[C@@H]1CCC[C@@H](c2ccc(-n3cc4cc(-c5cc(CCCC(N)C6CC6)cc(Cl)c5F)[nH]c4nc3=O)cc2)N1. The third kappa shape index (κ3) is 7.45. The number of aromatic nitrogens is 3. The number of nitrogens with one attached hydrogen (secondary N) is 2. The number of rotatable bonds is 12. The van der Waals surface area contributed by atoms with Crippen LogP contribution in [0.5, 0.6) is 0 Å². The molecule has 8 nitrogen and oxygen atoms in total. The van der Waals surface area contributed by atoms with Crippen LogP contribution < -0.4 is 22.5 Å². The number of aryl methyl sites for hydroxylation is 1. The third-order valence-corrected chi connectivity index (χ3v) is 9.38. The second kappa shape index (κ2) is 13.8. The normalized spacial score (nSPS) is 19.7. The molecule has 45 heavy (non-hydrogen) atoms. The summed E-state index contributed by atoms with van der Waals surface area (Å²) in [7, 11) is 0. The van der Waals surface area contributed by atoms with Crippen LogP contribution in [0.15, 0.2) is 58.4 Å². The zero-order valence-corrected chi connectivity index (χ0v) is 26.0. The maximum Gasteiger partial charge on any atom is 0.354 e. The summed E-state index contributed by atoms with van der Waals surface area (Å²) in [5.74, 6) is 0.178. The lowest BCUT2D eigenvalue weighted by Gasteiger charge is -2.31. The van der Waals surface area contributed by atoms with Crippen molar-refractivity contribution in [1.82, 2.24) is 19.9 Å². The number of H-pyrrole nitrogens is 1.